The Balaban J connectivity index is 1.35. The Hall–Kier alpha value is -3.90. The van der Waals surface area contributed by atoms with Gasteiger partial charge in [0.1, 0.15) is 23.8 Å². The first-order valence-corrected chi connectivity index (χ1v) is 19.1. The van der Waals surface area contributed by atoms with Gasteiger partial charge < -0.3 is 26.2 Å². The van der Waals surface area contributed by atoms with Crippen LogP contribution in [0.25, 0.3) is 0 Å². The van der Waals surface area contributed by atoms with Crippen molar-refractivity contribution in [2.45, 2.75) is 142 Å². The lowest BCUT2D eigenvalue weighted by molar-refractivity contribution is -0.145. The molecule has 1 aliphatic heterocycles. The molecule has 13 heteroatoms. The first-order valence-electron chi connectivity index (χ1n) is 19.1. The van der Waals surface area contributed by atoms with Crippen molar-refractivity contribution in [2.24, 2.45) is 29.1 Å². The predicted molar refractivity (Wildman–Crippen MR) is 190 cm³/mol. The Bertz CT molecular complexity index is 1430. The molecule has 1 aromatic rings. The van der Waals surface area contributed by atoms with Crippen LogP contribution >= 0.6 is 0 Å². The summed E-state index contributed by atoms with van der Waals surface area (Å²) in [6, 6.07) is -3.73. The van der Waals surface area contributed by atoms with Gasteiger partial charge in [-0.1, -0.05) is 73.1 Å². The van der Waals surface area contributed by atoms with E-state index in [0.29, 0.717) is 19.4 Å². The number of aromatic nitrogens is 2. The molecular weight excluding hydrogens is 650 g/mol. The van der Waals surface area contributed by atoms with Gasteiger partial charge in [0, 0.05) is 25.0 Å². The van der Waals surface area contributed by atoms with Gasteiger partial charge in [0.2, 0.25) is 23.5 Å². The van der Waals surface area contributed by atoms with Crippen molar-refractivity contribution in [3.8, 4) is 0 Å². The molecule has 2 heterocycles. The molecular formula is C38H57N7O6. The molecule has 5 atom stereocenters. The Labute approximate surface area is 301 Å². The molecule has 1 unspecified atom stereocenters. The van der Waals surface area contributed by atoms with Gasteiger partial charge in [-0.05, 0) is 67.6 Å². The first-order chi connectivity index (χ1) is 24.2. The third-order valence-corrected chi connectivity index (χ3v) is 11.3. The van der Waals surface area contributed by atoms with Crippen molar-refractivity contribution in [3.63, 3.8) is 0 Å². The molecule has 0 spiro atoms. The summed E-state index contributed by atoms with van der Waals surface area (Å²) < 4.78 is 0. The van der Waals surface area contributed by atoms with Crippen LogP contribution < -0.4 is 21.3 Å². The fourth-order valence-corrected chi connectivity index (χ4v) is 7.59. The zero-order valence-electron chi connectivity index (χ0n) is 30.9. The monoisotopic (exact) mass is 707 g/mol. The van der Waals surface area contributed by atoms with Gasteiger partial charge in [-0.15, -0.1) is 0 Å². The summed E-state index contributed by atoms with van der Waals surface area (Å²) in [5.74, 6) is -2.81. The molecule has 51 heavy (non-hydrogen) atoms. The standard InChI is InChI=1S/C38H57N7O6/c1-22(2)25-19-29(34(48)42-27(18-23-10-9-11-23)31(46)36(50)41-26-14-15-26)45(21-25)37(51)32(38(3,4)5)44-35(49)30(24-12-7-6-8-13-24)43-33(47)28-20-39-16-17-40-28/h16-17,20,22-27,29-30,32H,6-15,18-19,21H2,1-5H3,(H,41,50)(H,42,48)(H,43,47)(H,44,49)/t25-,27?,29+,30+,32-/m1/s1. The van der Waals surface area contributed by atoms with E-state index in [0.717, 1.165) is 64.2 Å². The number of nitrogens with zero attached hydrogens (tertiary/aromatic N) is 3. The highest BCUT2D eigenvalue weighted by Gasteiger charge is 2.47. The van der Waals surface area contributed by atoms with Crippen molar-refractivity contribution in [3.05, 3.63) is 24.3 Å². The highest BCUT2D eigenvalue weighted by molar-refractivity contribution is 6.38. The van der Waals surface area contributed by atoms with Crippen LogP contribution in [-0.2, 0) is 24.0 Å². The molecule has 1 aromatic heterocycles. The van der Waals surface area contributed by atoms with Gasteiger partial charge in [-0.2, -0.15) is 0 Å². The number of carbonyl (C=O) groups excluding carboxylic acids is 6. The molecule has 13 nitrogen and oxygen atoms in total. The predicted octanol–water partition coefficient (Wildman–Crippen LogP) is 3.08. The van der Waals surface area contributed by atoms with Crippen LogP contribution in [0.15, 0.2) is 18.6 Å². The Kier molecular flexibility index (Phi) is 12.5. The summed E-state index contributed by atoms with van der Waals surface area (Å²) in [4.78, 5) is 91.9. The average molecular weight is 708 g/mol. The van der Waals surface area contributed by atoms with Crippen molar-refractivity contribution >= 4 is 35.3 Å². The van der Waals surface area contributed by atoms with E-state index in [1.807, 2.05) is 20.8 Å². The molecule has 4 aliphatic rings. The van der Waals surface area contributed by atoms with Crippen LogP contribution in [-0.4, -0.2) is 86.9 Å². The topological polar surface area (TPSA) is 180 Å². The highest BCUT2D eigenvalue weighted by Crippen LogP contribution is 2.34. The van der Waals surface area contributed by atoms with E-state index in [-0.39, 0.29) is 35.4 Å². The van der Waals surface area contributed by atoms with Crippen LogP contribution in [0, 0.1) is 29.1 Å². The fourth-order valence-electron chi connectivity index (χ4n) is 7.59. The number of ketones is 1. The number of hydrogen-bond donors (Lipinski definition) is 4. The lowest BCUT2D eigenvalue weighted by atomic mass is 9.80. The minimum atomic E-state index is -1.01. The second-order valence-corrected chi connectivity index (χ2v) is 16.7. The van der Waals surface area contributed by atoms with E-state index >= 15 is 0 Å². The first kappa shape index (κ1) is 38.3. The van der Waals surface area contributed by atoms with Crippen LogP contribution in [0.1, 0.15) is 122 Å². The second kappa shape index (κ2) is 16.6. The molecule has 280 valence electrons. The Morgan fingerprint density at radius 3 is 2.14 bits per heavy atom. The Morgan fingerprint density at radius 1 is 0.863 bits per heavy atom. The normalized spacial score (nSPS) is 23.1. The van der Waals surface area contributed by atoms with Gasteiger partial charge >= 0.3 is 0 Å². The molecule has 0 radical (unpaired) electrons. The molecule has 0 bridgehead atoms. The van der Waals surface area contributed by atoms with Crippen molar-refractivity contribution in [1.82, 2.24) is 36.1 Å². The molecule has 3 aliphatic carbocycles. The molecule has 4 N–H and O–H groups in total. The van der Waals surface area contributed by atoms with Crippen molar-refractivity contribution < 1.29 is 28.8 Å². The maximum absolute atomic E-state index is 14.6. The number of hydrogen-bond acceptors (Lipinski definition) is 8. The summed E-state index contributed by atoms with van der Waals surface area (Å²) in [6.07, 6.45) is 14.1. The van der Waals surface area contributed by atoms with E-state index in [4.69, 9.17) is 0 Å². The number of likely N-dealkylation sites (tertiary alicyclic amines) is 1. The zero-order chi connectivity index (χ0) is 36.9. The maximum Gasteiger partial charge on any atom is 0.289 e. The van der Waals surface area contributed by atoms with Gasteiger partial charge in [0.25, 0.3) is 11.8 Å². The van der Waals surface area contributed by atoms with Crippen LogP contribution in [0.4, 0.5) is 0 Å². The fraction of sp³-hybridized carbons (Fsp3) is 0.737. The number of amides is 5. The number of carbonyl (C=O) groups is 6. The summed E-state index contributed by atoms with van der Waals surface area (Å²) in [6.45, 7) is 10.0. The molecule has 5 rings (SSSR count). The minimum absolute atomic E-state index is 0.0128. The zero-order valence-corrected chi connectivity index (χ0v) is 30.9. The van der Waals surface area contributed by atoms with Crippen LogP contribution in [0.5, 0.6) is 0 Å². The van der Waals surface area contributed by atoms with E-state index in [9.17, 15) is 28.8 Å². The van der Waals surface area contributed by atoms with Gasteiger partial charge in [0.05, 0.1) is 12.2 Å². The molecule has 4 fully saturated rings. The van der Waals surface area contributed by atoms with E-state index < -0.39 is 64.9 Å². The third kappa shape index (κ3) is 9.91. The van der Waals surface area contributed by atoms with Crippen molar-refractivity contribution in [1.29, 1.82) is 0 Å². The van der Waals surface area contributed by atoms with Crippen LogP contribution in [0.2, 0.25) is 0 Å². The molecule has 3 saturated carbocycles. The number of Topliss-reactive ketones (excluding diaryl/α,β-unsaturated/α-hetero) is 1. The Morgan fingerprint density at radius 2 is 1.57 bits per heavy atom. The van der Waals surface area contributed by atoms with E-state index in [1.54, 1.807) is 4.90 Å². The second-order valence-electron chi connectivity index (χ2n) is 16.7. The number of rotatable bonds is 14. The number of nitrogens with one attached hydrogen (secondary N) is 4. The van der Waals surface area contributed by atoms with E-state index in [2.05, 4.69) is 45.1 Å². The third-order valence-electron chi connectivity index (χ3n) is 11.3. The summed E-state index contributed by atoms with van der Waals surface area (Å²) in [7, 11) is 0. The van der Waals surface area contributed by atoms with Gasteiger partial charge in [0.15, 0.2) is 0 Å². The SMILES string of the molecule is CC(C)[C@@H]1C[C@@H](C(=O)NC(CC2CCC2)C(=O)C(=O)NC2CC2)N(C(=O)[C@@H](NC(=O)[C@@H](NC(=O)c2cnccn2)C2CCCCC2)C(C)(C)C)C1. The minimum Gasteiger partial charge on any atom is -0.347 e. The highest BCUT2D eigenvalue weighted by atomic mass is 16.2. The molecule has 0 aromatic carbocycles. The average Bonchev–Trinajstić information content (AvgIpc) is 3.78. The summed E-state index contributed by atoms with van der Waals surface area (Å²) in [5.41, 5.74) is -0.654. The lowest BCUT2D eigenvalue weighted by Crippen LogP contribution is -2.62. The van der Waals surface area contributed by atoms with Gasteiger partial charge in [-0.3, -0.25) is 33.8 Å². The maximum atomic E-state index is 14.6. The summed E-state index contributed by atoms with van der Waals surface area (Å²) in [5, 5.41) is 11.6. The van der Waals surface area contributed by atoms with E-state index in [1.165, 1.54) is 18.6 Å². The van der Waals surface area contributed by atoms with Crippen molar-refractivity contribution in [2.75, 3.05) is 6.54 Å². The summed E-state index contributed by atoms with van der Waals surface area (Å²) >= 11 is 0. The van der Waals surface area contributed by atoms with Gasteiger partial charge in [-0.25, -0.2) is 4.98 Å². The molecule has 5 amide bonds. The van der Waals surface area contributed by atoms with Crippen LogP contribution in [0.3, 0.4) is 0 Å². The largest absolute Gasteiger partial charge is 0.347 e. The quantitative estimate of drug-likeness (QED) is 0.213. The lowest BCUT2D eigenvalue weighted by Gasteiger charge is -2.38. The molecule has 1 saturated heterocycles. The smallest absolute Gasteiger partial charge is 0.289 e.